The summed E-state index contributed by atoms with van der Waals surface area (Å²) in [7, 11) is 0. The highest BCUT2D eigenvalue weighted by molar-refractivity contribution is 5.25. The van der Waals surface area contributed by atoms with Gasteiger partial charge in [-0.3, -0.25) is 0 Å². The summed E-state index contributed by atoms with van der Waals surface area (Å²) < 4.78 is 5.76. The van der Waals surface area contributed by atoms with Gasteiger partial charge in [0.2, 0.25) is 0 Å². The largest absolute Gasteiger partial charge is 0.376 e. The van der Waals surface area contributed by atoms with E-state index in [0.717, 1.165) is 43.3 Å². The van der Waals surface area contributed by atoms with Gasteiger partial charge in [-0.25, -0.2) is 0 Å². The monoisotopic (exact) mass is 394 g/mol. The molecule has 0 aromatic heterocycles. The van der Waals surface area contributed by atoms with E-state index in [0.29, 0.717) is 0 Å². The summed E-state index contributed by atoms with van der Waals surface area (Å²) in [6.07, 6.45) is 21.5. The van der Waals surface area contributed by atoms with Crippen LogP contribution in [0.2, 0.25) is 0 Å². The Morgan fingerprint density at radius 2 is 1.55 bits per heavy atom. The van der Waals surface area contributed by atoms with Crippen LogP contribution < -0.4 is 0 Å². The zero-order chi connectivity index (χ0) is 20.3. The highest BCUT2D eigenvalue weighted by atomic mass is 16.5. The fourth-order valence-corrected chi connectivity index (χ4v) is 5.62. The molecule has 1 heteroatoms. The maximum absolute atomic E-state index is 5.76. The van der Waals surface area contributed by atoms with E-state index in [1.807, 2.05) is 0 Å². The number of allylic oxidation sites excluding steroid dienone is 2. The van der Waals surface area contributed by atoms with E-state index in [9.17, 15) is 0 Å². The molecule has 0 atom stereocenters. The zero-order valence-corrected chi connectivity index (χ0v) is 18.7. The number of rotatable bonds is 10. The molecule has 160 valence electrons. The molecular weight excluding hydrogens is 352 g/mol. The van der Waals surface area contributed by atoms with E-state index in [1.165, 1.54) is 69.8 Å². The molecule has 0 spiro atoms. The van der Waals surface area contributed by atoms with Gasteiger partial charge in [-0.2, -0.15) is 0 Å². The quantitative estimate of drug-likeness (QED) is 0.287. The van der Waals surface area contributed by atoms with E-state index in [4.69, 9.17) is 4.74 Å². The van der Waals surface area contributed by atoms with E-state index in [2.05, 4.69) is 56.0 Å². The van der Waals surface area contributed by atoms with Crippen molar-refractivity contribution < 1.29 is 4.74 Å². The normalized spacial score (nSPS) is 27.9. The summed E-state index contributed by atoms with van der Waals surface area (Å²) in [6, 6.07) is 9.28. The Labute approximate surface area is 179 Å². The first-order valence-electron chi connectivity index (χ1n) is 12.2. The molecule has 1 aromatic carbocycles. The van der Waals surface area contributed by atoms with Crippen molar-refractivity contribution in [3.8, 4) is 0 Å². The van der Waals surface area contributed by atoms with Crippen LogP contribution in [0.1, 0.15) is 94.6 Å². The first-order valence-corrected chi connectivity index (χ1v) is 12.2. The van der Waals surface area contributed by atoms with Crippen LogP contribution in [-0.2, 0) is 11.3 Å². The summed E-state index contributed by atoms with van der Waals surface area (Å²) in [4.78, 5) is 0. The van der Waals surface area contributed by atoms with Crippen molar-refractivity contribution in [3.05, 3.63) is 60.2 Å². The maximum atomic E-state index is 5.76. The molecule has 0 amide bonds. The van der Waals surface area contributed by atoms with Crippen LogP contribution in [0, 0.1) is 17.8 Å². The molecule has 0 saturated heterocycles. The van der Waals surface area contributed by atoms with Gasteiger partial charge in [0, 0.05) is 0 Å². The first-order chi connectivity index (χ1) is 14.3. The second kappa shape index (κ2) is 12.4. The molecule has 29 heavy (non-hydrogen) atoms. The molecule has 2 saturated carbocycles. The van der Waals surface area contributed by atoms with Crippen molar-refractivity contribution in [2.75, 3.05) is 6.61 Å². The van der Waals surface area contributed by atoms with Crippen molar-refractivity contribution in [1.29, 1.82) is 0 Å². The van der Waals surface area contributed by atoms with Gasteiger partial charge in [-0.1, -0.05) is 55.3 Å². The standard InChI is InChI=1S/C28H42O/c1-3-5-7-21-29-22-24-11-15-26(16-12-24)28-19-17-27(18-20-28)25-13-9-23(10-14-25)8-6-4-2/h3-5,11-12,15-16,23,25,27-28H,2,6-10,13-14,17-22H2,1H3/b5-3+/t23-,25-,27?,28?. The summed E-state index contributed by atoms with van der Waals surface area (Å²) in [5, 5.41) is 0. The molecule has 0 aliphatic heterocycles. The molecule has 0 radical (unpaired) electrons. The van der Waals surface area contributed by atoms with E-state index >= 15 is 0 Å². The predicted molar refractivity (Wildman–Crippen MR) is 125 cm³/mol. The predicted octanol–water partition coefficient (Wildman–Crippen LogP) is 8.22. The van der Waals surface area contributed by atoms with Gasteiger partial charge in [0.15, 0.2) is 0 Å². The van der Waals surface area contributed by atoms with E-state index in [-0.39, 0.29) is 0 Å². The third kappa shape index (κ3) is 7.14. The first kappa shape index (κ1) is 22.3. The third-order valence-electron chi connectivity index (χ3n) is 7.49. The minimum Gasteiger partial charge on any atom is -0.376 e. The van der Waals surface area contributed by atoms with Crippen molar-refractivity contribution in [1.82, 2.24) is 0 Å². The van der Waals surface area contributed by atoms with Crippen LogP contribution in [-0.4, -0.2) is 6.61 Å². The number of hydrogen-bond acceptors (Lipinski definition) is 1. The summed E-state index contributed by atoms with van der Waals surface area (Å²) in [5.41, 5.74) is 2.85. The van der Waals surface area contributed by atoms with Crippen LogP contribution in [0.25, 0.3) is 0 Å². The smallest absolute Gasteiger partial charge is 0.0717 e. The number of benzene rings is 1. The topological polar surface area (TPSA) is 9.23 Å². The fourth-order valence-electron chi connectivity index (χ4n) is 5.62. The lowest BCUT2D eigenvalue weighted by atomic mass is 9.68. The van der Waals surface area contributed by atoms with Crippen LogP contribution >= 0.6 is 0 Å². The SMILES string of the molecule is C=CCC[C@H]1CC[C@H](C2CCC(c3ccc(COCC/C=C/C)cc3)CC2)CC1. The molecular formula is C28H42O. The fraction of sp³-hybridized carbons (Fsp3) is 0.643. The van der Waals surface area contributed by atoms with Gasteiger partial charge < -0.3 is 4.74 Å². The van der Waals surface area contributed by atoms with Crippen LogP contribution in [0.4, 0.5) is 0 Å². The van der Waals surface area contributed by atoms with Gasteiger partial charge in [0.1, 0.15) is 0 Å². The molecule has 2 fully saturated rings. The van der Waals surface area contributed by atoms with Gasteiger partial charge >= 0.3 is 0 Å². The van der Waals surface area contributed by atoms with Gasteiger partial charge in [-0.15, -0.1) is 6.58 Å². The lowest BCUT2D eigenvalue weighted by Crippen LogP contribution is -2.25. The van der Waals surface area contributed by atoms with Gasteiger partial charge in [-0.05, 0) is 99.5 Å². The Hall–Kier alpha value is -1.34. The highest BCUT2D eigenvalue weighted by Gasteiger charge is 2.31. The molecule has 0 heterocycles. The number of hydrogen-bond donors (Lipinski definition) is 0. The van der Waals surface area contributed by atoms with Crippen molar-refractivity contribution in [3.63, 3.8) is 0 Å². The van der Waals surface area contributed by atoms with Crippen LogP contribution in [0.15, 0.2) is 49.1 Å². The minimum atomic E-state index is 0.736. The molecule has 0 unspecified atom stereocenters. The third-order valence-corrected chi connectivity index (χ3v) is 7.49. The van der Waals surface area contributed by atoms with Crippen molar-refractivity contribution in [2.45, 2.75) is 90.1 Å². The van der Waals surface area contributed by atoms with E-state index in [1.54, 1.807) is 5.56 Å². The number of ether oxygens (including phenoxy) is 1. The summed E-state index contributed by atoms with van der Waals surface area (Å²) in [6.45, 7) is 7.49. The summed E-state index contributed by atoms with van der Waals surface area (Å²) >= 11 is 0. The Bertz CT molecular complexity index is 598. The van der Waals surface area contributed by atoms with Crippen LogP contribution in [0.5, 0.6) is 0 Å². The van der Waals surface area contributed by atoms with Crippen molar-refractivity contribution >= 4 is 0 Å². The lowest BCUT2D eigenvalue weighted by molar-refractivity contribution is 0.125. The van der Waals surface area contributed by atoms with Crippen LogP contribution in [0.3, 0.4) is 0 Å². The van der Waals surface area contributed by atoms with Gasteiger partial charge in [0.25, 0.3) is 0 Å². The molecule has 3 rings (SSSR count). The molecule has 2 aliphatic rings. The van der Waals surface area contributed by atoms with E-state index < -0.39 is 0 Å². The Morgan fingerprint density at radius 3 is 2.17 bits per heavy atom. The minimum absolute atomic E-state index is 0.736. The second-order valence-corrected chi connectivity index (χ2v) is 9.41. The molecule has 1 nitrogen and oxygen atoms in total. The Morgan fingerprint density at radius 1 is 0.897 bits per heavy atom. The average Bonchev–Trinajstić information content (AvgIpc) is 2.78. The lowest BCUT2D eigenvalue weighted by Gasteiger charge is -2.38. The van der Waals surface area contributed by atoms with Gasteiger partial charge in [0.05, 0.1) is 13.2 Å². The molecule has 0 N–H and O–H groups in total. The molecule has 1 aromatic rings. The zero-order valence-electron chi connectivity index (χ0n) is 18.7. The molecule has 0 bridgehead atoms. The Balaban J connectivity index is 1.37. The van der Waals surface area contributed by atoms with Crippen molar-refractivity contribution in [2.24, 2.45) is 17.8 Å². The highest BCUT2D eigenvalue weighted by Crippen LogP contribution is 2.44. The Kier molecular flexibility index (Phi) is 9.54. The molecule has 2 aliphatic carbocycles. The second-order valence-electron chi connectivity index (χ2n) is 9.41. The maximum Gasteiger partial charge on any atom is 0.0717 e. The summed E-state index contributed by atoms with van der Waals surface area (Å²) in [5.74, 6) is 3.76. The average molecular weight is 395 g/mol.